The fraction of sp³-hybridized carbons (Fsp3) is 0.500. The van der Waals surface area contributed by atoms with E-state index in [4.69, 9.17) is 9.47 Å². The maximum Gasteiger partial charge on any atom is 0.285 e. The molecule has 0 radical (unpaired) electrons. The SMILES string of the molecule is CC(C)=CCO[C@H]1CCOC[C@H]1NC(=O)c1cnc2cc(C)[nH]n2c1=O. The van der Waals surface area contributed by atoms with Gasteiger partial charge in [0.05, 0.1) is 25.4 Å². The molecule has 3 rings (SSSR count). The summed E-state index contributed by atoms with van der Waals surface area (Å²) in [5.41, 5.74) is 2.00. The summed E-state index contributed by atoms with van der Waals surface area (Å²) >= 11 is 0. The van der Waals surface area contributed by atoms with E-state index in [1.807, 2.05) is 26.8 Å². The van der Waals surface area contributed by atoms with Gasteiger partial charge in [0, 0.05) is 24.6 Å². The highest BCUT2D eigenvalue weighted by molar-refractivity contribution is 5.94. The zero-order valence-electron chi connectivity index (χ0n) is 15.2. The molecule has 1 aliphatic heterocycles. The minimum atomic E-state index is -0.476. The van der Waals surface area contributed by atoms with Gasteiger partial charge in [-0.1, -0.05) is 11.6 Å². The summed E-state index contributed by atoms with van der Waals surface area (Å²) in [6.07, 6.45) is 3.83. The molecule has 1 saturated heterocycles. The Morgan fingerprint density at radius 1 is 1.54 bits per heavy atom. The molecule has 2 N–H and O–H groups in total. The number of nitrogens with zero attached hydrogens (tertiary/aromatic N) is 2. The second-order valence-electron chi connectivity index (χ2n) is 6.71. The van der Waals surface area contributed by atoms with E-state index in [0.29, 0.717) is 31.9 Å². The lowest BCUT2D eigenvalue weighted by molar-refractivity contribution is -0.0457. The lowest BCUT2D eigenvalue weighted by Crippen LogP contribution is -2.51. The number of ether oxygens (including phenoxy) is 2. The van der Waals surface area contributed by atoms with Gasteiger partial charge in [0.1, 0.15) is 5.56 Å². The molecule has 1 fully saturated rings. The predicted octanol–water partition coefficient (Wildman–Crippen LogP) is 1.20. The monoisotopic (exact) mass is 360 g/mol. The third-order valence-corrected chi connectivity index (χ3v) is 4.28. The van der Waals surface area contributed by atoms with E-state index in [-0.39, 0.29) is 17.7 Å². The molecule has 2 atom stereocenters. The van der Waals surface area contributed by atoms with Crippen molar-refractivity contribution in [2.75, 3.05) is 19.8 Å². The zero-order chi connectivity index (χ0) is 18.7. The number of aromatic amines is 1. The van der Waals surface area contributed by atoms with Crippen molar-refractivity contribution < 1.29 is 14.3 Å². The van der Waals surface area contributed by atoms with Gasteiger partial charge in [-0.05, 0) is 27.2 Å². The van der Waals surface area contributed by atoms with Crippen molar-refractivity contribution in [2.45, 2.75) is 39.3 Å². The maximum absolute atomic E-state index is 12.6. The van der Waals surface area contributed by atoms with Crippen molar-refractivity contribution in [1.29, 1.82) is 0 Å². The Balaban J connectivity index is 1.74. The summed E-state index contributed by atoms with van der Waals surface area (Å²) in [7, 11) is 0. The van der Waals surface area contributed by atoms with Crippen LogP contribution in [0.4, 0.5) is 0 Å². The predicted molar refractivity (Wildman–Crippen MR) is 96.4 cm³/mol. The number of nitrogens with one attached hydrogen (secondary N) is 2. The maximum atomic E-state index is 12.6. The highest BCUT2D eigenvalue weighted by atomic mass is 16.5. The number of rotatable bonds is 5. The number of fused-ring (bicyclic) bond motifs is 1. The molecule has 0 aliphatic carbocycles. The van der Waals surface area contributed by atoms with Crippen LogP contribution in [0.3, 0.4) is 0 Å². The molecular formula is C18H24N4O4. The van der Waals surface area contributed by atoms with Crippen molar-refractivity contribution in [3.63, 3.8) is 0 Å². The standard InChI is InChI=1S/C18H24N4O4/c1-11(2)4-7-26-15-5-6-25-10-14(15)20-17(23)13-9-19-16-8-12(3)21-22(16)18(13)24/h4,8-9,14-15,21H,5-7,10H2,1-3H3,(H,20,23)/t14-,15+/m1/s1. The third-order valence-electron chi connectivity index (χ3n) is 4.28. The molecule has 8 nitrogen and oxygen atoms in total. The van der Waals surface area contributed by atoms with Gasteiger partial charge in [0.2, 0.25) is 0 Å². The third kappa shape index (κ3) is 4.03. The molecule has 2 aromatic rings. The summed E-state index contributed by atoms with van der Waals surface area (Å²) in [6.45, 7) is 7.25. The van der Waals surface area contributed by atoms with Crippen LogP contribution >= 0.6 is 0 Å². The second-order valence-corrected chi connectivity index (χ2v) is 6.71. The molecular weight excluding hydrogens is 336 g/mol. The minimum absolute atomic E-state index is 0.0158. The summed E-state index contributed by atoms with van der Waals surface area (Å²) in [6, 6.07) is 1.43. The van der Waals surface area contributed by atoms with Crippen LogP contribution in [0.25, 0.3) is 5.65 Å². The van der Waals surface area contributed by atoms with Gasteiger partial charge in [-0.2, -0.15) is 0 Å². The highest BCUT2D eigenvalue weighted by Crippen LogP contribution is 2.13. The summed E-state index contributed by atoms with van der Waals surface area (Å²) in [5, 5.41) is 5.74. The number of allylic oxidation sites excluding steroid dienone is 1. The smallest absolute Gasteiger partial charge is 0.285 e. The van der Waals surface area contributed by atoms with Crippen LogP contribution in [0.5, 0.6) is 0 Å². The molecule has 2 aromatic heterocycles. The van der Waals surface area contributed by atoms with Crippen LogP contribution in [0.15, 0.2) is 28.7 Å². The van der Waals surface area contributed by atoms with Gasteiger partial charge >= 0.3 is 0 Å². The van der Waals surface area contributed by atoms with Gasteiger partial charge in [-0.15, -0.1) is 0 Å². The largest absolute Gasteiger partial charge is 0.379 e. The number of hydrogen-bond donors (Lipinski definition) is 2. The molecule has 26 heavy (non-hydrogen) atoms. The first-order chi connectivity index (χ1) is 12.5. The fourth-order valence-corrected chi connectivity index (χ4v) is 2.87. The number of carbonyl (C=O) groups is 1. The first-order valence-electron chi connectivity index (χ1n) is 8.66. The van der Waals surface area contributed by atoms with Crippen LogP contribution < -0.4 is 10.9 Å². The van der Waals surface area contributed by atoms with Crippen LogP contribution in [-0.2, 0) is 9.47 Å². The Bertz CT molecular complexity index is 879. The van der Waals surface area contributed by atoms with E-state index in [1.165, 1.54) is 16.3 Å². The molecule has 0 unspecified atom stereocenters. The van der Waals surface area contributed by atoms with Crippen molar-refractivity contribution in [3.05, 3.63) is 45.5 Å². The van der Waals surface area contributed by atoms with Crippen molar-refractivity contribution in [1.82, 2.24) is 19.9 Å². The van der Waals surface area contributed by atoms with E-state index in [9.17, 15) is 9.59 Å². The van der Waals surface area contributed by atoms with Crippen LogP contribution in [0.1, 0.15) is 36.3 Å². The number of aryl methyl sites for hydroxylation is 1. The summed E-state index contributed by atoms with van der Waals surface area (Å²) < 4.78 is 12.6. The molecule has 140 valence electrons. The topological polar surface area (TPSA) is 97.7 Å². The van der Waals surface area contributed by atoms with Crippen LogP contribution in [0, 0.1) is 6.92 Å². The van der Waals surface area contributed by atoms with Crippen LogP contribution in [0.2, 0.25) is 0 Å². The number of carbonyl (C=O) groups excluding carboxylic acids is 1. The Hall–Kier alpha value is -2.45. The molecule has 0 bridgehead atoms. The van der Waals surface area contributed by atoms with E-state index in [1.54, 1.807) is 6.07 Å². The highest BCUT2D eigenvalue weighted by Gasteiger charge is 2.29. The lowest BCUT2D eigenvalue weighted by Gasteiger charge is -2.31. The van der Waals surface area contributed by atoms with Gasteiger partial charge in [-0.25, -0.2) is 9.50 Å². The quantitative estimate of drug-likeness (QED) is 0.781. The van der Waals surface area contributed by atoms with E-state index < -0.39 is 11.5 Å². The minimum Gasteiger partial charge on any atom is -0.379 e. The van der Waals surface area contributed by atoms with Gasteiger partial charge in [-0.3, -0.25) is 14.7 Å². The normalized spacial score (nSPS) is 20.1. The van der Waals surface area contributed by atoms with E-state index in [0.717, 1.165) is 5.69 Å². The first-order valence-corrected chi connectivity index (χ1v) is 8.66. The van der Waals surface area contributed by atoms with Crippen molar-refractivity contribution in [3.8, 4) is 0 Å². The molecule has 3 heterocycles. The zero-order valence-corrected chi connectivity index (χ0v) is 15.2. The number of H-pyrrole nitrogens is 1. The molecule has 1 amide bonds. The Kier molecular flexibility index (Phi) is 5.53. The van der Waals surface area contributed by atoms with Crippen LogP contribution in [-0.4, -0.2) is 52.5 Å². The first kappa shape index (κ1) is 18.3. The average Bonchev–Trinajstić information content (AvgIpc) is 2.98. The van der Waals surface area contributed by atoms with E-state index in [2.05, 4.69) is 15.4 Å². The Morgan fingerprint density at radius 2 is 2.35 bits per heavy atom. The van der Waals surface area contributed by atoms with Crippen molar-refractivity contribution >= 4 is 11.6 Å². The Labute approximate surface area is 151 Å². The lowest BCUT2D eigenvalue weighted by atomic mass is 10.1. The van der Waals surface area contributed by atoms with Gasteiger partial charge in [0.25, 0.3) is 11.5 Å². The second kappa shape index (κ2) is 7.84. The molecule has 0 aromatic carbocycles. The fourth-order valence-electron chi connectivity index (χ4n) is 2.87. The molecule has 8 heteroatoms. The van der Waals surface area contributed by atoms with Gasteiger partial charge < -0.3 is 14.8 Å². The van der Waals surface area contributed by atoms with Crippen molar-refractivity contribution in [2.24, 2.45) is 0 Å². The molecule has 0 saturated carbocycles. The van der Waals surface area contributed by atoms with E-state index >= 15 is 0 Å². The Morgan fingerprint density at radius 3 is 3.12 bits per heavy atom. The summed E-state index contributed by atoms with van der Waals surface area (Å²) in [5.74, 6) is -0.476. The van der Waals surface area contributed by atoms with Gasteiger partial charge in [0.15, 0.2) is 5.65 Å². The number of amides is 1. The average molecular weight is 360 g/mol. The summed E-state index contributed by atoms with van der Waals surface area (Å²) in [4.78, 5) is 29.3. The number of hydrogen-bond acceptors (Lipinski definition) is 5. The number of aromatic nitrogens is 3. The molecule has 0 spiro atoms. The molecule has 1 aliphatic rings.